The molecule has 7 heteroatoms. The summed E-state index contributed by atoms with van der Waals surface area (Å²) in [7, 11) is 1.64. The van der Waals surface area contributed by atoms with Crippen LogP contribution >= 0.6 is 12.6 Å². The van der Waals surface area contributed by atoms with E-state index in [9.17, 15) is 9.59 Å². The molecule has 5 N–H and O–H groups in total. The van der Waals surface area contributed by atoms with Crippen LogP contribution in [0.3, 0.4) is 0 Å². The van der Waals surface area contributed by atoms with Crippen LogP contribution in [0.5, 0.6) is 0 Å². The number of carbonyl (C=O) groups is 2. The Hall–Kier alpha value is -2.67. The molecule has 2 aromatic rings. The summed E-state index contributed by atoms with van der Waals surface area (Å²) in [5, 5.41) is 10.4. The molecule has 0 bridgehead atoms. The maximum absolute atomic E-state index is 12.1. The van der Waals surface area contributed by atoms with Gasteiger partial charge in [-0.3, -0.25) is 9.59 Å². The zero-order valence-electron chi connectivity index (χ0n) is 20.2. The summed E-state index contributed by atoms with van der Waals surface area (Å²) in [5.74, 6) is -0.483. The first-order chi connectivity index (χ1) is 15.4. The number of nitrogens with two attached hydrogens (primary N) is 1. The molecule has 4 rings (SSSR count). The van der Waals surface area contributed by atoms with Crippen molar-refractivity contribution in [2.45, 2.75) is 63.8 Å². The molecule has 1 heterocycles. The highest BCUT2D eigenvalue weighted by atomic mass is 32.1. The van der Waals surface area contributed by atoms with Crippen molar-refractivity contribution in [3.8, 4) is 0 Å². The number of hydrogen-bond donors (Lipinski definition) is 5. The van der Waals surface area contributed by atoms with Gasteiger partial charge in [-0.2, -0.15) is 12.6 Å². The van der Waals surface area contributed by atoms with Gasteiger partial charge in [-0.1, -0.05) is 26.0 Å². The van der Waals surface area contributed by atoms with E-state index in [-0.39, 0.29) is 17.4 Å². The third kappa shape index (κ3) is 6.22. The molecule has 0 spiro atoms. The molecule has 2 amide bonds. The molecular formula is C26H36N4O2S. The monoisotopic (exact) mass is 468 g/mol. The number of hydrogen-bond acceptors (Lipinski definition) is 5. The first-order valence-corrected chi connectivity index (χ1v) is 11.9. The van der Waals surface area contributed by atoms with Crippen molar-refractivity contribution >= 4 is 35.8 Å². The molecule has 2 aromatic carbocycles. The summed E-state index contributed by atoms with van der Waals surface area (Å²) in [6.45, 7) is 8.12. The van der Waals surface area contributed by atoms with E-state index in [0.717, 1.165) is 34.2 Å². The summed E-state index contributed by atoms with van der Waals surface area (Å²) >= 11 is 4.08. The summed E-state index contributed by atoms with van der Waals surface area (Å²) < 4.78 is 0. The number of fused-ring (bicyclic) bond motifs is 1. The Labute approximate surface area is 202 Å². The van der Waals surface area contributed by atoms with Gasteiger partial charge >= 0.3 is 0 Å². The lowest BCUT2D eigenvalue weighted by Gasteiger charge is -2.41. The van der Waals surface area contributed by atoms with Crippen LogP contribution in [0.4, 0.5) is 11.4 Å². The molecule has 1 aliphatic heterocycles. The molecule has 0 saturated heterocycles. The van der Waals surface area contributed by atoms with E-state index in [1.165, 1.54) is 12.8 Å². The van der Waals surface area contributed by atoms with Crippen LogP contribution in [0.2, 0.25) is 0 Å². The number of carbonyl (C=O) groups excluding carboxylic acids is 2. The van der Waals surface area contributed by atoms with E-state index < -0.39 is 11.4 Å². The van der Waals surface area contributed by atoms with Crippen molar-refractivity contribution < 1.29 is 9.59 Å². The van der Waals surface area contributed by atoms with Crippen molar-refractivity contribution in [3.63, 3.8) is 0 Å². The topological polar surface area (TPSA) is 96.2 Å². The highest BCUT2D eigenvalue weighted by Gasteiger charge is 2.36. The SMILES string of the molecule is CNC(=O)C(C)(C)Nc1cccc(C2Nc3ccc(C(N)=O)cc3CC2(C)C)c1.SC1CC1. The molecule has 1 fully saturated rings. The van der Waals surface area contributed by atoms with Crippen molar-refractivity contribution in [1.82, 2.24) is 5.32 Å². The molecule has 1 atom stereocenters. The summed E-state index contributed by atoms with van der Waals surface area (Å²) in [5.41, 5.74) is 9.30. The minimum atomic E-state index is -0.722. The number of nitrogens with one attached hydrogen (secondary N) is 3. The molecule has 0 aromatic heterocycles. The number of primary amides is 1. The standard InChI is InChI=1S/C23H30N4O2.C3H6S/c1-22(2)13-16-11-15(20(24)28)9-10-18(16)26-19(22)14-7-6-8-17(12-14)27-23(3,4)21(29)25-5;4-3-1-2-3/h6-12,19,26-27H,13H2,1-5H3,(H2,24,28)(H,25,29);3-4H,1-2H2. The normalized spacial score (nSPS) is 18.7. The number of thiol groups is 1. The lowest BCUT2D eigenvalue weighted by molar-refractivity contribution is -0.123. The van der Waals surface area contributed by atoms with Crippen LogP contribution in [-0.2, 0) is 11.2 Å². The van der Waals surface area contributed by atoms with Crippen LogP contribution in [0.1, 0.15) is 68.1 Å². The minimum Gasteiger partial charge on any atom is -0.377 e. The first-order valence-electron chi connectivity index (χ1n) is 11.4. The van der Waals surface area contributed by atoms with Crippen LogP contribution in [0.15, 0.2) is 42.5 Å². The number of amides is 2. The van der Waals surface area contributed by atoms with E-state index in [0.29, 0.717) is 5.56 Å². The Kier molecular flexibility index (Phi) is 7.32. The van der Waals surface area contributed by atoms with E-state index in [4.69, 9.17) is 5.73 Å². The molecule has 1 aliphatic carbocycles. The van der Waals surface area contributed by atoms with Gasteiger partial charge in [0.1, 0.15) is 5.54 Å². The lowest BCUT2D eigenvalue weighted by atomic mass is 9.72. The van der Waals surface area contributed by atoms with Gasteiger partial charge in [0.25, 0.3) is 0 Å². The third-order valence-corrected chi connectivity index (χ3v) is 6.65. The maximum atomic E-state index is 12.1. The highest BCUT2D eigenvalue weighted by Crippen LogP contribution is 2.45. The average molecular weight is 469 g/mol. The Morgan fingerprint density at radius 1 is 1.15 bits per heavy atom. The van der Waals surface area contributed by atoms with Gasteiger partial charge < -0.3 is 21.7 Å². The van der Waals surface area contributed by atoms with Gasteiger partial charge in [0.05, 0.1) is 6.04 Å². The zero-order valence-corrected chi connectivity index (χ0v) is 21.1. The zero-order chi connectivity index (χ0) is 24.4. The van der Waals surface area contributed by atoms with E-state index in [1.54, 1.807) is 13.1 Å². The number of rotatable bonds is 5. The smallest absolute Gasteiger partial charge is 0.248 e. The van der Waals surface area contributed by atoms with Gasteiger partial charge in [-0.25, -0.2) is 0 Å². The Bertz CT molecular complexity index is 1030. The molecule has 2 aliphatic rings. The first kappa shape index (κ1) is 25.0. The number of benzene rings is 2. The second kappa shape index (κ2) is 9.67. The predicted octanol–water partition coefficient (Wildman–Crippen LogP) is 4.54. The predicted molar refractivity (Wildman–Crippen MR) is 139 cm³/mol. The molecule has 1 saturated carbocycles. The fraction of sp³-hybridized carbons (Fsp3) is 0.462. The maximum Gasteiger partial charge on any atom is 0.248 e. The van der Waals surface area contributed by atoms with Gasteiger partial charge in [-0.15, -0.1) is 0 Å². The molecule has 0 radical (unpaired) electrons. The van der Waals surface area contributed by atoms with E-state index >= 15 is 0 Å². The van der Waals surface area contributed by atoms with Crippen molar-refractivity contribution in [3.05, 3.63) is 59.2 Å². The Morgan fingerprint density at radius 3 is 2.39 bits per heavy atom. The minimum absolute atomic E-state index is 0.0711. The fourth-order valence-electron chi connectivity index (χ4n) is 4.11. The quantitative estimate of drug-likeness (QED) is 0.417. The Balaban J connectivity index is 0.000000690. The highest BCUT2D eigenvalue weighted by molar-refractivity contribution is 7.81. The third-order valence-electron chi connectivity index (χ3n) is 6.14. The molecular weight excluding hydrogens is 432 g/mol. The van der Waals surface area contributed by atoms with Gasteiger partial charge in [-0.05, 0) is 80.0 Å². The second-order valence-corrected chi connectivity index (χ2v) is 10.9. The molecule has 178 valence electrons. The van der Waals surface area contributed by atoms with Crippen molar-refractivity contribution in [2.75, 3.05) is 17.7 Å². The van der Waals surface area contributed by atoms with Crippen molar-refractivity contribution in [1.29, 1.82) is 0 Å². The summed E-state index contributed by atoms with van der Waals surface area (Å²) in [4.78, 5) is 23.6. The lowest BCUT2D eigenvalue weighted by Crippen LogP contribution is -2.46. The Morgan fingerprint density at radius 2 is 1.82 bits per heavy atom. The van der Waals surface area contributed by atoms with Crippen LogP contribution < -0.4 is 21.7 Å². The van der Waals surface area contributed by atoms with Crippen molar-refractivity contribution in [2.24, 2.45) is 11.1 Å². The second-order valence-electron chi connectivity index (χ2n) is 10.2. The number of likely N-dealkylation sites (N-methyl/N-ethyl adjacent to an activating group) is 1. The van der Waals surface area contributed by atoms with Crippen LogP contribution in [0, 0.1) is 5.41 Å². The van der Waals surface area contributed by atoms with E-state index in [2.05, 4.69) is 54.6 Å². The fourth-order valence-corrected chi connectivity index (χ4v) is 4.26. The van der Waals surface area contributed by atoms with Gasteiger partial charge in [0.2, 0.25) is 11.8 Å². The van der Waals surface area contributed by atoms with Crippen LogP contribution in [0.25, 0.3) is 0 Å². The van der Waals surface area contributed by atoms with E-state index in [1.807, 2.05) is 38.1 Å². The largest absolute Gasteiger partial charge is 0.377 e. The molecule has 1 unspecified atom stereocenters. The van der Waals surface area contributed by atoms with Gasteiger partial charge in [0, 0.05) is 29.2 Å². The number of anilines is 2. The summed E-state index contributed by atoms with van der Waals surface area (Å²) in [6.07, 6.45) is 3.52. The van der Waals surface area contributed by atoms with Gasteiger partial charge in [0.15, 0.2) is 0 Å². The van der Waals surface area contributed by atoms with Crippen LogP contribution in [-0.4, -0.2) is 29.7 Å². The average Bonchev–Trinajstić information content (AvgIpc) is 3.53. The molecule has 6 nitrogen and oxygen atoms in total. The molecule has 33 heavy (non-hydrogen) atoms. The summed E-state index contributed by atoms with van der Waals surface area (Å²) in [6, 6.07) is 13.8.